The molecule has 0 amide bonds. The first-order valence-electron chi connectivity index (χ1n) is 9.10. The van der Waals surface area contributed by atoms with Crippen molar-refractivity contribution in [3.8, 4) is 5.75 Å². The van der Waals surface area contributed by atoms with Gasteiger partial charge in [-0.1, -0.05) is 41.6 Å². The second-order valence-electron chi connectivity index (χ2n) is 6.90. The first-order chi connectivity index (χ1) is 13.4. The Bertz CT molecular complexity index is 1090. The molecule has 0 spiro atoms. The van der Waals surface area contributed by atoms with E-state index in [9.17, 15) is 8.42 Å². The van der Waals surface area contributed by atoms with E-state index in [1.807, 2.05) is 48.5 Å². The normalized spacial score (nSPS) is 17.3. The fourth-order valence-electron chi connectivity index (χ4n) is 3.90. The number of aromatic nitrogens is 1. The SMILES string of the molecule is COc1ccc2c(c1)C(c1ccccc1)N(S(=O)(=O)c1c(C)noc1C)CC2. The Morgan fingerprint density at radius 3 is 2.54 bits per heavy atom. The minimum Gasteiger partial charge on any atom is -0.497 e. The summed E-state index contributed by atoms with van der Waals surface area (Å²) in [5, 5.41) is 3.85. The van der Waals surface area contributed by atoms with Gasteiger partial charge in [0, 0.05) is 6.54 Å². The van der Waals surface area contributed by atoms with Gasteiger partial charge in [-0.15, -0.1) is 0 Å². The molecular weight excluding hydrogens is 376 g/mol. The van der Waals surface area contributed by atoms with Gasteiger partial charge in [0.25, 0.3) is 0 Å². The van der Waals surface area contributed by atoms with E-state index in [0.717, 1.165) is 16.7 Å². The molecule has 1 atom stereocenters. The molecule has 1 aliphatic heterocycles. The lowest BCUT2D eigenvalue weighted by molar-refractivity contribution is 0.340. The third-order valence-electron chi connectivity index (χ3n) is 5.19. The minimum atomic E-state index is -3.80. The molecule has 1 aromatic heterocycles. The minimum absolute atomic E-state index is 0.153. The number of hydrogen-bond acceptors (Lipinski definition) is 5. The number of methoxy groups -OCH3 is 1. The standard InChI is InChI=1S/C21H22N2O4S/c1-14-21(15(2)27-22-14)28(24,25)23-12-11-16-9-10-18(26-3)13-19(16)20(23)17-7-5-4-6-8-17/h4-10,13,20H,11-12H2,1-3H3. The van der Waals surface area contributed by atoms with Crippen LogP contribution in [0.1, 0.15) is 34.2 Å². The van der Waals surface area contributed by atoms with Gasteiger partial charge in [-0.25, -0.2) is 8.42 Å². The zero-order valence-corrected chi connectivity index (χ0v) is 16.9. The summed E-state index contributed by atoms with van der Waals surface area (Å²) in [6.45, 7) is 3.67. The van der Waals surface area contributed by atoms with Crippen molar-refractivity contribution in [2.45, 2.75) is 31.2 Å². The summed E-state index contributed by atoms with van der Waals surface area (Å²) in [6.07, 6.45) is 0.630. The van der Waals surface area contributed by atoms with Gasteiger partial charge in [-0.2, -0.15) is 4.31 Å². The van der Waals surface area contributed by atoms with Crippen molar-refractivity contribution in [2.75, 3.05) is 13.7 Å². The van der Waals surface area contributed by atoms with Gasteiger partial charge in [0.05, 0.1) is 13.2 Å². The number of fused-ring (bicyclic) bond motifs is 1. The maximum atomic E-state index is 13.6. The predicted octanol–water partition coefficient (Wildman–Crippen LogP) is 3.64. The van der Waals surface area contributed by atoms with Crippen molar-refractivity contribution < 1.29 is 17.7 Å². The van der Waals surface area contributed by atoms with Gasteiger partial charge in [0.15, 0.2) is 5.76 Å². The van der Waals surface area contributed by atoms with Crippen LogP contribution in [0.3, 0.4) is 0 Å². The van der Waals surface area contributed by atoms with Crippen molar-refractivity contribution in [2.24, 2.45) is 0 Å². The lowest BCUT2D eigenvalue weighted by atomic mass is 9.89. The highest BCUT2D eigenvalue weighted by atomic mass is 32.2. The molecule has 2 aromatic carbocycles. The van der Waals surface area contributed by atoms with Crippen LogP contribution in [0.2, 0.25) is 0 Å². The van der Waals surface area contributed by atoms with Crippen LogP contribution in [-0.4, -0.2) is 31.5 Å². The molecule has 0 N–H and O–H groups in total. The van der Waals surface area contributed by atoms with E-state index in [-0.39, 0.29) is 4.90 Å². The zero-order chi connectivity index (χ0) is 19.9. The molecule has 6 nitrogen and oxygen atoms in total. The highest BCUT2D eigenvalue weighted by molar-refractivity contribution is 7.89. The van der Waals surface area contributed by atoms with Gasteiger partial charge in [-0.05, 0) is 49.1 Å². The Kier molecular flexibility index (Phi) is 4.72. The third-order valence-corrected chi connectivity index (χ3v) is 7.30. The molecule has 0 saturated carbocycles. The first-order valence-corrected chi connectivity index (χ1v) is 10.5. The molecule has 0 radical (unpaired) electrons. The van der Waals surface area contributed by atoms with Crippen LogP contribution in [0.15, 0.2) is 57.9 Å². The second kappa shape index (κ2) is 7.07. The van der Waals surface area contributed by atoms with Crippen LogP contribution in [0.4, 0.5) is 0 Å². The van der Waals surface area contributed by atoms with Crippen LogP contribution in [0, 0.1) is 13.8 Å². The molecule has 0 aliphatic carbocycles. The topological polar surface area (TPSA) is 72.6 Å². The summed E-state index contributed by atoms with van der Waals surface area (Å²) in [7, 11) is -2.19. The molecule has 4 rings (SSSR count). The average Bonchev–Trinajstić information content (AvgIpc) is 3.06. The van der Waals surface area contributed by atoms with Crippen LogP contribution in [-0.2, 0) is 16.4 Å². The molecule has 1 unspecified atom stereocenters. The summed E-state index contributed by atoms with van der Waals surface area (Å²) in [5.41, 5.74) is 3.35. The maximum Gasteiger partial charge on any atom is 0.249 e. The smallest absolute Gasteiger partial charge is 0.249 e. The monoisotopic (exact) mass is 398 g/mol. The number of benzene rings is 2. The van der Waals surface area contributed by atoms with Crippen LogP contribution in [0.25, 0.3) is 0 Å². The molecule has 1 aliphatic rings. The first kappa shape index (κ1) is 18.7. The predicted molar refractivity (Wildman–Crippen MR) is 105 cm³/mol. The number of aryl methyl sites for hydroxylation is 2. The van der Waals surface area contributed by atoms with Crippen molar-refractivity contribution in [3.63, 3.8) is 0 Å². The van der Waals surface area contributed by atoms with Crippen molar-refractivity contribution in [1.82, 2.24) is 9.46 Å². The second-order valence-corrected chi connectivity index (χ2v) is 8.72. The summed E-state index contributed by atoms with van der Waals surface area (Å²) in [5.74, 6) is 1.01. The summed E-state index contributed by atoms with van der Waals surface area (Å²) >= 11 is 0. The summed E-state index contributed by atoms with van der Waals surface area (Å²) in [4.78, 5) is 0.153. The number of rotatable bonds is 4. The zero-order valence-electron chi connectivity index (χ0n) is 16.0. The highest BCUT2D eigenvalue weighted by Gasteiger charge is 2.40. The largest absolute Gasteiger partial charge is 0.497 e. The summed E-state index contributed by atoms with van der Waals surface area (Å²) < 4.78 is 39.4. The van der Waals surface area contributed by atoms with Gasteiger partial charge in [0.2, 0.25) is 10.0 Å². The summed E-state index contributed by atoms with van der Waals surface area (Å²) in [6, 6.07) is 15.1. The highest BCUT2D eigenvalue weighted by Crippen LogP contribution is 2.40. The Hall–Kier alpha value is -2.64. The Balaban J connectivity index is 1.92. The van der Waals surface area contributed by atoms with Crippen LogP contribution >= 0.6 is 0 Å². The number of hydrogen-bond donors (Lipinski definition) is 0. The molecule has 0 fully saturated rings. The maximum absolute atomic E-state index is 13.6. The Morgan fingerprint density at radius 2 is 1.89 bits per heavy atom. The Labute approximate surface area is 164 Å². The Morgan fingerprint density at radius 1 is 1.14 bits per heavy atom. The fourth-order valence-corrected chi connectivity index (χ4v) is 5.79. The molecule has 3 aromatic rings. The van der Waals surface area contributed by atoms with Crippen LogP contribution < -0.4 is 4.74 Å². The lowest BCUT2D eigenvalue weighted by Gasteiger charge is -2.36. The number of nitrogens with zero attached hydrogens (tertiary/aromatic N) is 2. The lowest BCUT2D eigenvalue weighted by Crippen LogP contribution is -2.40. The molecule has 2 heterocycles. The third kappa shape index (κ3) is 3.00. The molecular formula is C21H22N2O4S. The van der Waals surface area contributed by atoms with E-state index in [0.29, 0.717) is 30.2 Å². The van der Waals surface area contributed by atoms with E-state index in [2.05, 4.69) is 5.16 Å². The van der Waals surface area contributed by atoms with E-state index >= 15 is 0 Å². The molecule has 146 valence electrons. The van der Waals surface area contributed by atoms with E-state index in [1.165, 1.54) is 0 Å². The van der Waals surface area contributed by atoms with Crippen LogP contribution in [0.5, 0.6) is 5.75 Å². The van der Waals surface area contributed by atoms with E-state index < -0.39 is 16.1 Å². The van der Waals surface area contributed by atoms with E-state index in [1.54, 1.807) is 25.3 Å². The molecule has 0 bridgehead atoms. The average molecular weight is 398 g/mol. The van der Waals surface area contributed by atoms with Crippen molar-refractivity contribution in [1.29, 1.82) is 0 Å². The van der Waals surface area contributed by atoms with Crippen molar-refractivity contribution >= 4 is 10.0 Å². The number of sulfonamides is 1. The van der Waals surface area contributed by atoms with Crippen molar-refractivity contribution in [3.05, 3.63) is 76.7 Å². The fraction of sp³-hybridized carbons (Fsp3) is 0.286. The van der Waals surface area contributed by atoms with E-state index in [4.69, 9.17) is 9.26 Å². The van der Waals surface area contributed by atoms with Gasteiger partial charge < -0.3 is 9.26 Å². The van der Waals surface area contributed by atoms with Gasteiger partial charge in [0.1, 0.15) is 16.3 Å². The molecule has 0 saturated heterocycles. The quantitative estimate of drug-likeness (QED) is 0.671. The molecule has 28 heavy (non-hydrogen) atoms. The van der Waals surface area contributed by atoms with Gasteiger partial charge in [-0.3, -0.25) is 0 Å². The molecule has 7 heteroatoms. The number of ether oxygens (including phenoxy) is 1. The van der Waals surface area contributed by atoms with Gasteiger partial charge >= 0.3 is 0 Å².